The Labute approximate surface area is 295 Å². The summed E-state index contributed by atoms with van der Waals surface area (Å²) in [6, 6.07) is 0. The molecule has 2 atom stereocenters. The van der Waals surface area contributed by atoms with Crippen molar-refractivity contribution in [3.8, 4) is 0 Å². The molecule has 0 aromatic carbocycles. The van der Waals surface area contributed by atoms with Crippen LogP contribution in [-0.4, -0.2) is 47.6 Å². The molecule has 0 rings (SSSR count). The summed E-state index contributed by atoms with van der Waals surface area (Å²) in [6.07, 6.45) is 40.6. The molecule has 0 amide bonds. The maximum Gasteiger partial charge on any atom is 0.306 e. The molecule has 2 N–H and O–H groups in total. The van der Waals surface area contributed by atoms with Crippen LogP contribution in [0.3, 0.4) is 0 Å². The van der Waals surface area contributed by atoms with Crippen molar-refractivity contribution in [3.05, 3.63) is 48.6 Å². The Morgan fingerprint density at radius 1 is 0.646 bits per heavy atom. The van der Waals surface area contributed by atoms with Gasteiger partial charge in [0.1, 0.15) is 6.61 Å². The van der Waals surface area contributed by atoms with Gasteiger partial charge in [-0.1, -0.05) is 166 Å². The lowest BCUT2D eigenvalue weighted by molar-refractivity contribution is -0.161. The number of hydrogen-bond donors (Lipinski definition) is 2. The van der Waals surface area contributed by atoms with Crippen molar-refractivity contribution in [1.82, 2.24) is 0 Å². The van der Waals surface area contributed by atoms with Crippen LogP contribution in [-0.2, 0) is 19.1 Å². The lowest BCUT2D eigenvalue weighted by Crippen LogP contribution is -2.28. The van der Waals surface area contributed by atoms with E-state index in [9.17, 15) is 19.8 Å². The van der Waals surface area contributed by atoms with Gasteiger partial charge in [0.05, 0.1) is 12.7 Å². The highest BCUT2D eigenvalue weighted by Crippen LogP contribution is 2.15. The standard InChI is InChI=1S/C42H74O6/c1-4-5-6-7-16-22-27-32-39(44)33-28-23-18-15-20-24-29-34-41(45)47-37-40(36-43)48-42(46)35-30-25-19-14-12-10-8-9-11-13-17-21-26-31-38(2)3/h15-16,20,22-23,27-28,32,38-40,43-44H,4-14,17-19,21,24-26,29-31,33-37H2,1-3H3/b20-15+,22-16-,28-23-,32-27-/t39-,40+/m1/s1. The second kappa shape index (κ2) is 36.1. The summed E-state index contributed by atoms with van der Waals surface area (Å²) in [7, 11) is 0. The van der Waals surface area contributed by atoms with Gasteiger partial charge in [-0.3, -0.25) is 9.59 Å². The van der Waals surface area contributed by atoms with Crippen LogP contribution >= 0.6 is 0 Å². The minimum absolute atomic E-state index is 0.115. The topological polar surface area (TPSA) is 93.1 Å². The highest BCUT2D eigenvalue weighted by molar-refractivity contribution is 5.70. The first-order valence-electron chi connectivity index (χ1n) is 19.7. The zero-order valence-corrected chi connectivity index (χ0v) is 31.3. The first-order chi connectivity index (χ1) is 23.4. The van der Waals surface area contributed by atoms with Gasteiger partial charge in [0.15, 0.2) is 6.10 Å². The largest absolute Gasteiger partial charge is 0.462 e. The van der Waals surface area contributed by atoms with Crippen LogP contribution in [0.25, 0.3) is 0 Å². The van der Waals surface area contributed by atoms with Crippen LogP contribution in [0, 0.1) is 5.92 Å². The number of unbranched alkanes of at least 4 members (excludes halogenated alkanes) is 16. The Bertz CT molecular complexity index is 843. The zero-order valence-electron chi connectivity index (χ0n) is 31.3. The molecular weight excluding hydrogens is 600 g/mol. The molecule has 0 spiro atoms. The smallest absolute Gasteiger partial charge is 0.306 e. The van der Waals surface area contributed by atoms with Gasteiger partial charge in [0, 0.05) is 12.8 Å². The second-order valence-corrected chi connectivity index (χ2v) is 13.7. The van der Waals surface area contributed by atoms with Crippen molar-refractivity contribution in [2.45, 2.75) is 187 Å². The van der Waals surface area contributed by atoms with E-state index >= 15 is 0 Å². The SMILES string of the molecule is CCCCC/C=C\C=C/[C@@H](O)C/C=C\C/C=C/CCCC(=O)OC[C@H](CO)OC(=O)CCCCCCCCCCCCCCCC(C)C. The van der Waals surface area contributed by atoms with Crippen LogP contribution < -0.4 is 0 Å². The number of aliphatic hydroxyl groups is 2. The maximum absolute atomic E-state index is 12.2. The molecule has 0 fully saturated rings. The summed E-state index contributed by atoms with van der Waals surface area (Å²) < 4.78 is 10.5. The predicted octanol–water partition coefficient (Wildman–Crippen LogP) is 11.1. The van der Waals surface area contributed by atoms with E-state index in [1.54, 1.807) is 0 Å². The zero-order chi connectivity index (χ0) is 35.3. The second-order valence-electron chi connectivity index (χ2n) is 13.7. The minimum atomic E-state index is -0.811. The molecule has 278 valence electrons. The first-order valence-corrected chi connectivity index (χ1v) is 19.7. The Morgan fingerprint density at radius 3 is 1.85 bits per heavy atom. The number of allylic oxidation sites excluding steroid dienone is 6. The molecule has 0 heterocycles. The third-order valence-electron chi connectivity index (χ3n) is 8.38. The number of aliphatic hydroxyl groups excluding tert-OH is 2. The van der Waals surface area contributed by atoms with Crippen molar-refractivity contribution in [1.29, 1.82) is 0 Å². The van der Waals surface area contributed by atoms with Gasteiger partial charge in [0.2, 0.25) is 0 Å². The number of carbonyl (C=O) groups is 2. The van der Waals surface area contributed by atoms with Gasteiger partial charge < -0.3 is 19.7 Å². The van der Waals surface area contributed by atoms with Gasteiger partial charge in [-0.2, -0.15) is 0 Å². The van der Waals surface area contributed by atoms with E-state index in [2.05, 4.69) is 26.8 Å². The highest BCUT2D eigenvalue weighted by atomic mass is 16.6. The molecule has 0 aliphatic heterocycles. The van der Waals surface area contributed by atoms with E-state index in [1.807, 2.05) is 42.5 Å². The molecule has 0 radical (unpaired) electrons. The van der Waals surface area contributed by atoms with E-state index < -0.39 is 12.2 Å². The molecule has 6 heteroatoms. The van der Waals surface area contributed by atoms with E-state index in [-0.39, 0.29) is 31.6 Å². The fraction of sp³-hybridized carbons (Fsp3) is 0.762. The minimum Gasteiger partial charge on any atom is -0.462 e. The van der Waals surface area contributed by atoms with Gasteiger partial charge in [0.25, 0.3) is 0 Å². The summed E-state index contributed by atoms with van der Waals surface area (Å²) in [4.78, 5) is 24.2. The molecule has 0 aromatic rings. The van der Waals surface area contributed by atoms with Crippen LogP contribution in [0.15, 0.2) is 48.6 Å². The molecule has 0 aliphatic rings. The highest BCUT2D eigenvalue weighted by Gasteiger charge is 2.16. The monoisotopic (exact) mass is 675 g/mol. The van der Waals surface area contributed by atoms with E-state index in [0.717, 1.165) is 44.4 Å². The molecule has 0 aliphatic carbocycles. The normalized spacial score (nSPS) is 13.5. The Kier molecular flexibility index (Phi) is 34.5. The number of ether oxygens (including phenoxy) is 2. The van der Waals surface area contributed by atoms with Crippen molar-refractivity contribution < 1.29 is 29.3 Å². The summed E-state index contributed by atoms with van der Waals surface area (Å²) in [5.41, 5.74) is 0. The van der Waals surface area contributed by atoms with E-state index in [1.165, 1.54) is 89.9 Å². The molecule has 0 bridgehead atoms. The van der Waals surface area contributed by atoms with E-state index in [4.69, 9.17) is 9.47 Å². The van der Waals surface area contributed by atoms with Crippen LogP contribution in [0.5, 0.6) is 0 Å². The molecule has 0 saturated heterocycles. The average Bonchev–Trinajstić information content (AvgIpc) is 3.06. The third-order valence-corrected chi connectivity index (χ3v) is 8.38. The lowest BCUT2D eigenvalue weighted by atomic mass is 10.0. The molecular formula is C42H74O6. The Morgan fingerprint density at radius 2 is 1.23 bits per heavy atom. The van der Waals surface area contributed by atoms with Crippen molar-refractivity contribution in [2.24, 2.45) is 5.92 Å². The molecule has 0 aromatic heterocycles. The number of hydrogen-bond acceptors (Lipinski definition) is 6. The number of carbonyl (C=O) groups excluding carboxylic acids is 2. The first kappa shape index (κ1) is 45.8. The van der Waals surface area contributed by atoms with Crippen LogP contribution in [0.1, 0.15) is 175 Å². The van der Waals surface area contributed by atoms with Crippen molar-refractivity contribution >= 4 is 11.9 Å². The Hall–Kier alpha value is -2.18. The molecule has 0 saturated carbocycles. The molecule has 48 heavy (non-hydrogen) atoms. The van der Waals surface area contributed by atoms with Gasteiger partial charge in [-0.25, -0.2) is 0 Å². The maximum atomic E-state index is 12.2. The fourth-order valence-corrected chi connectivity index (χ4v) is 5.34. The third kappa shape index (κ3) is 35.1. The summed E-state index contributed by atoms with van der Waals surface area (Å²) in [5, 5.41) is 19.5. The Balaban J connectivity index is 3.71. The number of rotatable bonds is 34. The predicted molar refractivity (Wildman–Crippen MR) is 202 cm³/mol. The van der Waals surface area contributed by atoms with Crippen LogP contribution in [0.2, 0.25) is 0 Å². The van der Waals surface area contributed by atoms with Crippen molar-refractivity contribution in [3.63, 3.8) is 0 Å². The fourth-order valence-electron chi connectivity index (χ4n) is 5.34. The average molecular weight is 675 g/mol. The van der Waals surface area contributed by atoms with Gasteiger partial charge >= 0.3 is 11.9 Å². The molecule has 6 nitrogen and oxygen atoms in total. The molecule has 0 unspecified atom stereocenters. The van der Waals surface area contributed by atoms with Gasteiger partial charge in [-0.15, -0.1) is 0 Å². The number of esters is 2. The van der Waals surface area contributed by atoms with Gasteiger partial charge in [-0.05, 0) is 50.9 Å². The van der Waals surface area contributed by atoms with E-state index in [0.29, 0.717) is 19.3 Å². The summed E-state index contributed by atoms with van der Waals surface area (Å²) in [6.45, 7) is 6.33. The quantitative estimate of drug-likeness (QED) is 0.0305. The van der Waals surface area contributed by atoms with Crippen LogP contribution in [0.4, 0.5) is 0 Å². The summed E-state index contributed by atoms with van der Waals surface area (Å²) >= 11 is 0. The lowest BCUT2D eigenvalue weighted by Gasteiger charge is -2.15. The summed E-state index contributed by atoms with van der Waals surface area (Å²) in [5.74, 6) is 0.141. The van der Waals surface area contributed by atoms with Crippen molar-refractivity contribution in [2.75, 3.05) is 13.2 Å².